The van der Waals surface area contributed by atoms with Gasteiger partial charge in [-0.25, -0.2) is 0 Å². The summed E-state index contributed by atoms with van der Waals surface area (Å²) in [5, 5.41) is 0. The number of nitrogens with zero attached hydrogens (tertiary/aromatic N) is 3. The molecule has 0 saturated heterocycles. The highest BCUT2D eigenvalue weighted by Crippen LogP contribution is 2.25. The molecule has 3 rings (SSSR count). The van der Waals surface area contributed by atoms with Gasteiger partial charge in [0.1, 0.15) is 6.54 Å². The zero-order valence-corrected chi connectivity index (χ0v) is 18.1. The molecule has 2 N–H and O–H groups in total. The molecule has 3 aromatic carbocycles. The highest BCUT2D eigenvalue weighted by Gasteiger charge is 2.26. The lowest BCUT2D eigenvalue weighted by Gasteiger charge is -2.28. The summed E-state index contributed by atoms with van der Waals surface area (Å²) < 4.78 is 0. The molecule has 3 amide bonds. The molecule has 0 bridgehead atoms. The summed E-state index contributed by atoms with van der Waals surface area (Å²) >= 11 is 0. The van der Waals surface area contributed by atoms with Crippen molar-refractivity contribution in [2.75, 3.05) is 41.9 Å². The van der Waals surface area contributed by atoms with Crippen LogP contribution in [0.15, 0.2) is 84.9 Å². The van der Waals surface area contributed by atoms with Crippen LogP contribution >= 0.6 is 0 Å². The fraction of sp³-hybridized carbons (Fsp3) is 0.160. The predicted octanol–water partition coefficient (Wildman–Crippen LogP) is 2.92. The van der Waals surface area contributed by atoms with E-state index < -0.39 is 5.91 Å². The zero-order chi connectivity index (χ0) is 23.1. The number of para-hydroxylation sites is 3. The van der Waals surface area contributed by atoms with Gasteiger partial charge < -0.3 is 20.4 Å². The third-order valence-corrected chi connectivity index (χ3v) is 5.16. The molecule has 0 aliphatic rings. The van der Waals surface area contributed by atoms with Gasteiger partial charge in [-0.3, -0.25) is 14.4 Å². The van der Waals surface area contributed by atoms with Crippen molar-refractivity contribution in [3.63, 3.8) is 0 Å². The second-order valence-electron chi connectivity index (χ2n) is 7.19. The summed E-state index contributed by atoms with van der Waals surface area (Å²) in [5.74, 6) is -1.07. The van der Waals surface area contributed by atoms with Crippen molar-refractivity contribution in [3.05, 3.63) is 90.5 Å². The van der Waals surface area contributed by atoms with Gasteiger partial charge >= 0.3 is 0 Å². The smallest absolute Gasteiger partial charge is 0.260 e. The minimum atomic E-state index is -0.456. The molecule has 164 valence electrons. The molecular formula is C25H26N4O3. The lowest BCUT2D eigenvalue weighted by Crippen LogP contribution is -2.45. The van der Waals surface area contributed by atoms with Gasteiger partial charge in [0.25, 0.3) is 5.91 Å². The number of hydrogen-bond donors (Lipinski definition) is 1. The van der Waals surface area contributed by atoms with E-state index in [1.807, 2.05) is 48.5 Å². The van der Waals surface area contributed by atoms with Crippen molar-refractivity contribution in [2.24, 2.45) is 5.73 Å². The van der Waals surface area contributed by atoms with Crippen LogP contribution in [-0.2, 0) is 9.59 Å². The quantitative estimate of drug-likeness (QED) is 0.624. The molecule has 0 spiro atoms. The number of benzene rings is 3. The molecule has 3 aromatic rings. The molecule has 0 radical (unpaired) electrons. The number of carbonyl (C=O) groups excluding carboxylic acids is 3. The Labute approximate surface area is 187 Å². The molecule has 0 aliphatic carbocycles. The minimum Gasteiger partial charge on any atom is -0.322 e. The summed E-state index contributed by atoms with van der Waals surface area (Å²) in [6, 6.07) is 25.0. The Morgan fingerprint density at radius 1 is 0.688 bits per heavy atom. The molecule has 0 unspecified atom stereocenters. The number of rotatable bonds is 7. The van der Waals surface area contributed by atoms with Crippen molar-refractivity contribution >= 4 is 34.8 Å². The van der Waals surface area contributed by atoms with Crippen LogP contribution in [0.5, 0.6) is 0 Å². The van der Waals surface area contributed by atoms with Gasteiger partial charge in [-0.05, 0) is 36.4 Å². The number of amides is 3. The highest BCUT2D eigenvalue weighted by atomic mass is 16.2. The number of carbonyl (C=O) groups is 3. The summed E-state index contributed by atoms with van der Waals surface area (Å²) in [6.07, 6.45) is 0. The van der Waals surface area contributed by atoms with Gasteiger partial charge in [0.15, 0.2) is 0 Å². The van der Waals surface area contributed by atoms with Crippen LogP contribution in [0, 0.1) is 0 Å². The molecule has 0 atom stereocenters. The Morgan fingerprint density at radius 3 is 1.75 bits per heavy atom. The van der Waals surface area contributed by atoms with Gasteiger partial charge in [0, 0.05) is 25.5 Å². The van der Waals surface area contributed by atoms with E-state index in [0.29, 0.717) is 22.6 Å². The van der Waals surface area contributed by atoms with Crippen LogP contribution in [0.2, 0.25) is 0 Å². The summed E-state index contributed by atoms with van der Waals surface area (Å²) in [4.78, 5) is 43.2. The Bertz CT molecular complexity index is 1090. The van der Waals surface area contributed by atoms with Crippen molar-refractivity contribution < 1.29 is 14.4 Å². The fourth-order valence-electron chi connectivity index (χ4n) is 3.29. The van der Waals surface area contributed by atoms with Crippen LogP contribution < -0.4 is 20.4 Å². The summed E-state index contributed by atoms with van der Waals surface area (Å²) in [7, 11) is 3.31. The number of hydrogen-bond acceptors (Lipinski definition) is 4. The Morgan fingerprint density at radius 2 is 1.19 bits per heavy atom. The predicted molar refractivity (Wildman–Crippen MR) is 127 cm³/mol. The number of nitrogens with two attached hydrogens (primary N) is 1. The first kappa shape index (κ1) is 22.7. The van der Waals surface area contributed by atoms with E-state index in [2.05, 4.69) is 0 Å². The first-order valence-corrected chi connectivity index (χ1v) is 10.2. The zero-order valence-electron chi connectivity index (χ0n) is 18.1. The van der Waals surface area contributed by atoms with E-state index >= 15 is 0 Å². The second-order valence-corrected chi connectivity index (χ2v) is 7.19. The third kappa shape index (κ3) is 5.01. The largest absolute Gasteiger partial charge is 0.322 e. The molecule has 0 saturated carbocycles. The van der Waals surface area contributed by atoms with E-state index in [1.54, 1.807) is 50.5 Å². The first-order valence-electron chi connectivity index (χ1n) is 10.2. The molecule has 7 heteroatoms. The molecule has 0 aromatic heterocycles. The van der Waals surface area contributed by atoms with E-state index in [4.69, 9.17) is 5.73 Å². The fourth-order valence-corrected chi connectivity index (χ4v) is 3.29. The van der Waals surface area contributed by atoms with E-state index in [9.17, 15) is 14.4 Å². The standard InChI is InChI=1S/C25H26N4O3/c1-27(19-11-5-3-6-12-19)24(31)18-29(23(30)17-26)22-16-10-9-15-21(22)25(32)28(2)20-13-7-4-8-14-20/h3-16H,17-18,26H2,1-2H3. The van der Waals surface area contributed by atoms with Gasteiger partial charge in [0.2, 0.25) is 11.8 Å². The van der Waals surface area contributed by atoms with Gasteiger partial charge in [-0.2, -0.15) is 0 Å². The Kier molecular flexibility index (Phi) is 7.36. The van der Waals surface area contributed by atoms with Crippen molar-refractivity contribution in [3.8, 4) is 0 Å². The van der Waals surface area contributed by atoms with Crippen LogP contribution in [0.25, 0.3) is 0 Å². The molecule has 0 heterocycles. The highest BCUT2D eigenvalue weighted by molar-refractivity contribution is 6.13. The van der Waals surface area contributed by atoms with Gasteiger partial charge in [-0.15, -0.1) is 0 Å². The molecule has 0 fully saturated rings. The Balaban J connectivity index is 1.93. The lowest BCUT2D eigenvalue weighted by atomic mass is 10.1. The number of likely N-dealkylation sites (N-methyl/N-ethyl adjacent to an activating group) is 1. The summed E-state index contributed by atoms with van der Waals surface area (Å²) in [6.45, 7) is -0.542. The van der Waals surface area contributed by atoms with Crippen molar-refractivity contribution in [1.29, 1.82) is 0 Å². The average molecular weight is 431 g/mol. The molecule has 0 aliphatic heterocycles. The van der Waals surface area contributed by atoms with Crippen LogP contribution in [0.4, 0.5) is 17.1 Å². The monoisotopic (exact) mass is 430 g/mol. The SMILES string of the molecule is CN(C(=O)CN(C(=O)CN)c1ccccc1C(=O)N(C)c1ccccc1)c1ccccc1. The van der Waals surface area contributed by atoms with Crippen LogP contribution in [0.1, 0.15) is 10.4 Å². The Hall–Kier alpha value is -3.97. The van der Waals surface area contributed by atoms with Gasteiger partial charge in [0.05, 0.1) is 17.8 Å². The average Bonchev–Trinajstić information content (AvgIpc) is 2.86. The second kappa shape index (κ2) is 10.4. The topological polar surface area (TPSA) is 87.0 Å². The van der Waals surface area contributed by atoms with E-state index in [0.717, 1.165) is 0 Å². The number of anilines is 3. The van der Waals surface area contributed by atoms with Crippen molar-refractivity contribution in [2.45, 2.75) is 0 Å². The lowest BCUT2D eigenvalue weighted by molar-refractivity contribution is -0.121. The normalized spacial score (nSPS) is 10.3. The molecular weight excluding hydrogens is 404 g/mol. The first-order chi connectivity index (χ1) is 15.4. The van der Waals surface area contributed by atoms with Gasteiger partial charge in [-0.1, -0.05) is 48.5 Å². The van der Waals surface area contributed by atoms with E-state index in [1.165, 1.54) is 14.7 Å². The maximum Gasteiger partial charge on any atom is 0.260 e. The minimum absolute atomic E-state index is 0.249. The molecule has 7 nitrogen and oxygen atoms in total. The van der Waals surface area contributed by atoms with Crippen LogP contribution in [-0.4, -0.2) is 44.9 Å². The third-order valence-electron chi connectivity index (χ3n) is 5.16. The maximum atomic E-state index is 13.3. The van der Waals surface area contributed by atoms with E-state index in [-0.39, 0.29) is 24.9 Å². The van der Waals surface area contributed by atoms with Crippen LogP contribution in [0.3, 0.4) is 0 Å². The molecule has 32 heavy (non-hydrogen) atoms. The summed E-state index contributed by atoms with van der Waals surface area (Å²) in [5.41, 5.74) is 7.69. The van der Waals surface area contributed by atoms with Crippen molar-refractivity contribution in [1.82, 2.24) is 0 Å². The maximum absolute atomic E-state index is 13.3.